The highest BCUT2D eigenvalue weighted by atomic mass is 16.5. The van der Waals surface area contributed by atoms with Gasteiger partial charge in [-0.15, -0.1) is 0 Å². The molecule has 1 atom stereocenters. The monoisotopic (exact) mass is 293 g/mol. The van der Waals surface area contributed by atoms with Gasteiger partial charge < -0.3 is 20.5 Å². The van der Waals surface area contributed by atoms with Crippen LogP contribution in [0.5, 0.6) is 5.75 Å². The second kappa shape index (κ2) is 7.28. The molecule has 0 saturated carbocycles. The standard InChI is InChI=1S/C15H23N3O3/c1-3-18-6-7-21-12(10-18)9-17-15(19)13-8-11(16)4-5-14(13)20-2/h4-5,8,12H,3,6-7,9-10,16H2,1-2H3,(H,17,19). The lowest BCUT2D eigenvalue weighted by Gasteiger charge is -2.32. The predicted octanol–water partition coefficient (Wildman–Crippen LogP) is 0.728. The van der Waals surface area contributed by atoms with E-state index in [4.69, 9.17) is 15.2 Å². The summed E-state index contributed by atoms with van der Waals surface area (Å²) in [6.45, 7) is 6.09. The molecular weight excluding hydrogens is 270 g/mol. The molecule has 0 aromatic heterocycles. The number of nitrogens with zero attached hydrogens (tertiary/aromatic N) is 1. The van der Waals surface area contributed by atoms with Crippen LogP contribution in [0.3, 0.4) is 0 Å². The number of ether oxygens (including phenoxy) is 2. The average Bonchev–Trinajstić information content (AvgIpc) is 2.52. The third-order valence-corrected chi connectivity index (χ3v) is 3.63. The first-order valence-electron chi connectivity index (χ1n) is 7.19. The number of nitrogens with one attached hydrogen (secondary N) is 1. The molecule has 0 bridgehead atoms. The maximum Gasteiger partial charge on any atom is 0.255 e. The minimum atomic E-state index is -0.198. The highest BCUT2D eigenvalue weighted by molar-refractivity contribution is 5.97. The van der Waals surface area contributed by atoms with Crippen molar-refractivity contribution in [3.05, 3.63) is 23.8 Å². The Bertz CT molecular complexity index is 493. The Kier molecular flexibility index (Phi) is 5.41. The maximum atomic E-state index is 12.3. The van der Waals surface area contributed by atoms with Gasteiger partial charge in [-0.3, -0.25) is 9.69 Å². The first-order valence-corrected chi connectivity index (χ1v) is 7.19. The molecule has 116 valence electrons. The molecule has 1 heterocycles. The molecule has 3 N–H and O–H groups in total. The summed E-state index contributed by atoms with van der Waals surface area (Å²) in [6.07, 6.45) is 0.0229. The van der Waals surface area contributed by atoms with E-state index in [-0.39, 0.29) is 12.0 Å². The topological polar surface area (TPSA) is 76.8 Å². The Labute approximate surface area is 125 Å². The van der Waals surface area contributed by atoms with Crippen molar-refractivity contribution in [2.45, 2.75) is 13.0 Å². The first kappa shape index (κ1) is 15.6. The minimum absolute atomic E-state index is 0.0229. The number of anilines is 1. The zero-order valence-electron chi connectivity index (χ0n) is 12.6. The van der Waals surface area contributed by atoms with E-state index < -0.39 is 0 Å². The number of carbonyl (C=O) groups excluding carboxylic acids is 1. The summed E-state index contributed by atoms with van der Waals surface area (Å²) in [7, 11) is 1.53. The molecule has 1 aromatic rings. The summed E-state index contributed by atoms with van der Waals surface area (Å²) in [6, 6.07) is 5.02. The van der Waals surface area contributed by atoms with Crippen molar-refractivity contribution in [1.29, 1.82) is 0 Å². The van der Waals surface area contributed by atoms with Gasteiger partial charge in [-0.25, -0.2) is 0 Å². The molecule has 21 heavy (non-hydrogen) atoms. The number of morpholine rings is 1. The normalized spacial score (nSPS) is 19.2. The molecule has 1 unspecified atom stereocenters. The highest BCUT2D eigenvalue weighted by Gasteiger charge is 2.20. The summed E-state index contributed by atoms with van der Waals surface area (Å²) in [5.41, 5.74) is 6.71. The van der Waals surface area contributed by atoms with Crippen molar-refractivity contribution in [2.24, 2.45) is 0 Å². The number of amides is 1. The van der Waals surface area contributed by atoms with Crippen LogP contribution in [0.4, 0.5) is 5.69 Å². The Morgan fingerprint density at radius 2 is 2.38 bits per heavy atom. The molecule has 1 amide bonds. The van der Waals surface area contributed by atoms with E-state index in [0.717, 1.165) is 19.6 Å². The number of benzene rings is 1. The van der Waals surface area contributed by atoms with E-state index in [1.54, 1.807) is 18.2 Å². The van der Waals surface area contributed by atoms with Crippen molar-refractivity contribution in [2.75, 3.05) is 45.6 Å². The van der Waals surface area contributed by atoms with Crippen LogP contribution in [-0.4, -0.2) is 56.8 Å². The third-order valence-electron chi connectivity index (χ3n) is 3.63. The van der Waals surface area contributed by atoms with Gasteiger partial charge in [0, 0.05) is 25.3 Å². The molecule has 1 aliphatic heterocycles. The van der Waals surface area contributed by atoms with Crippen molar-refractivity contribution in [3.8, 4) is 5.75 Å². The van der Waals surface area contributed by atoms with E-state index in [1.807, 2.05) is 0 Å². The van der Waals surface area contributed by atoms with E-state index >= 15 is 0 Å². The van der Waals surface area contributed by atoms with Gasteiger partial charge in [-0.1, -0.05) is 6.92 Å². The average molecular weight is 293 g/mol. The number of rotatable bonds is 5. The third kappa shape index (κ3) is 4.09. The SMILES string of the molecule is CCN1CCOC(CNC(=O)c2cc(N)ccc2OC)C1. The predicted molar refractivity (Wildman–Crippen MR) is 81.6 cm³/mol. The number of nitrogen functional groups attached to an aromatic ring is 1. The summed E-state index contributed by atoms with van der Waals surface area (Å²) in [5.74, 6) is 0.317. The van der Waals surface area contributed by atoms with E-state index in [0.29, 0.717) is 30.2 Å². The van der Waals surface area contributed by atoms with Gasteiger partial charge in [0.15, 0.2) is 0 Å². The van der Waals surface area contributed by atoms with Crippen LogP contribution in [0.15, 0.2) is 18.2 Å². The number of methoxy groups -OCH3 is 1. The van der Waals surface area contributed by atoms with Gasteiger partial charge in [0.05, 0.1) is 25.4 Å². The van der Waals surface area contributed by atoms with Crippen LogP contribution in [0, 0.1) is 0 Å². The van der Waals surface area contributed by atoms with Crippen LogP contribution in [-0.2, 0) is 4.74 Å². The van der Waals surface area contributed by atoms with E-state index in [9.17, 15) is 4.79 Å². The number of hydrogen-bond acceptors (Lipinski definition) is 5. The van der Waals surface area contributed by atoms with Gasteiger partial charge >= 0.3 is 0 Å². The number of nitrogens with two attached hydrogens (primary N) is 1. The molecule has 1 fully saturated rings. The smallest absolute Gasteiger partial charge is 0.255 e. The number of carbonyl (C=O) groups is 1. The quantitative estimate of drug-likeness (QED) is 0.783. The largest absolute Gasteiger partial charge is 0.496 e. The second-order valence-electron chi connectivity index (χ2n) is 5.06. The molecular formula is C15H23N3O3. The molecule has 0 spiro atoms. The fraction of sp³-hybridized carbons (Fsp3) is 0.533. The molecule has 6 nitrogen and oxygen atoms in total. The zero-order chi connectivity index (χ0) is 15.2. The van der Waals surface area contributed by atoms with Crippen LogP contribution in [0.1, 0.15) is 17.3 Å². The van der Waals surface area contributed by atoms with Crippen LogP contribution in [0.25, 0.3) is 0 Å². The van der Waals surface area contributed by atoms with E-state index in [1.165, 1.54) is 7.11 Å². The lowest BCUT2D eigenvalue weighted by atomic mass is 10.1. The highest BCUT2D eigenvalue weighted by Crippen LogP contribution is 2.20. The molecule has 1 aromatic carbocycles. The van der Waals surface area contributed by atoms with Crippen LogP contribution >= 0.6 is 0 Å². The van der Waals surface area contributed by atoms with Crippen molar-refractivity contribution in [3.63, 3.8) is 0 Å². The summed E-state index contributed by atoms with van der Waals surface area (Å²) >= 11 is 0. The number of hydrogen-bond donors (Lipinski definition) is 2. The molecule has 1 aliphatic rings. The van der Waals surface area contributed by atoms with Gasteiger partial charge in [0.2, 0.25) is 0 Å². The Morgan fingerprint density at radius 3 is 3.10 bits per heavy atom. The Hall–Kier alpha value is -1.79. The molecule has 0 radical (unpaired) electrons. The molecule has 0 aliphatic carbocycles. The van der Waals surface area contributed by atoms with E-state index in [2.05, 4.69) is 17.1 Å². The van der Waals surface area contributed by atoms with Gasteiger partial charge in [0.25, 0.3) is 5.91 Å². The van der Waals surface area contributed by atoms with Crippen molar-refractivity contribution in [1.82, 2.24) is 10.2 Å². The maximum absolute atomic E-state index is 12.3. The lowest BCUT2D eigenvalue weighted by molar-refractivity contribution is -0.0246. The molecule has 6 heteroatoms. The summed E-state index contributed by atoms with van der Waals surface area (Å²) in [5, 5.41) is 2.89. The first-order chi connectivity index (χ1) is 10.1. The van der Waals surface area contributed by atoms with Gasteiger partial charge in [-0.2, -0.15) is 0 Å². The minimum Gasteiger partial charge on any atom is -0.496 e. The molecule has 1 saturated heterocycles. The fourth-order valence-corrected chi connectivity index (χ4v) is 2.40. The summed E-state index contributed by atoms with van der Waals surface area (Å²) < 4.78 is 10.9. The number of likely N-dealkylation sites (N-methyl/N-ethyl adjacent to an activating group) is 1. The zero-order valence-corrected chi connectivity index (χ0v) is 12.6. The van der Waals surface area contributed by atoms with Crippen LogP contribution < -0.4 is 15.8 Å². The van der Waals surface area contributed by atoms with Crippen LogP contribution in [0.2, 0.25) is 0 Å². The Morgan fingerprint density at radius 1 is 1.57 bits per heavy atom. The summed E-state index contributed by atoms with van der Waals surface area (Å²) in [4.78, 5) is 14.6. The van der Waals surface area contributed by atoms with Gasteiger partial charge in [-0.05, 0) is 24.7 Å². The second-order valence-corrected chi connectivity index (χ2v) is 5.06. The molecule has 2 rings (SSSR count). The van der Waals surface area contributed by atoms with Crippen molar-refractivity contribution < 1.29 is 14.3 Å². The van der Waals surface area contributed by atoms with Crippen molar-refractivity contribution >= 4 is 11.6 Å². The Balaban J connectivity index is 1.94. The van der Waals surface area contributed by atoms with Gasteiger partial charge in [0.1, 0.15) is 5.75 Å². The lowest BCUT2D eigenvalue weighted by Crippen LogP contribution is -2.47. The fourth-order valence-electron chi connectivity index (χ4n) is 2.40.